The second kappa shape index (κ2) is 6.83. The fourth-order valence-electron chi connectivity index (χ4n) is 2.54. The number of ketones is 1. The van der Waals surface area contributed by atoms with Gasteiger partial charge >= 0.3 is 0 Å². The molecule has 1 unspecified atom stereocenters. The maximum Gasteiger partial charge on any atom is 0.179 e. The van der Waals surface area contributed by atoms with Crippen LogP contribution in [0, 0.1) is 0 Å². The first-order chi connectivity index (χ1) is 9.18. The molecular weight excluding hydrogens is 236 g/mol. The Morgan fingerprint density at radius 1 is 1.26 bits per heavy atom. The summed E-state index contributed by atoms with van der Waals surface area (Å²) in [6.45, 7) is 6.46. The van der Waals surface area contributed by atoms with Gasteiger partial charge in [0, 0.05) is 18.7 Å². The number of hydrogen-bond acceptors (Lipinski definition) is 3. The topological polar surface area (TPSA) is 23.6 Å². The van der Waals surface area contributed by atoms with Crippen molar-refractivity contribution in [1.82, 2.24) is 9.80 Å². The first kappa shape index (κ1) is 14.2. The molecule has 0 amide bonds. The van der Waals surface area contributed by atoms with Crippen LogP contribution in [-0.4, -0.2) is 54.9 Å². The van der Waals surface area contributed by atoms with Gasteiger partial charge in [0.1, 0.15) is 0 Å². The number of carbonyl (C=O) groups excluding carboxylic acids is 1. The van der Waals surface area contributed by atoms with Crippen LogP contribution in [0.15, 0.2) is 30.3 Å². The molecule has 1 aliphatic heterocycles. The summed E-state index contributed by atoms with van der Waals surface area (Å²) in [7, 11) is 2.04. The lowest BCUT2D eigenvalue weighted by molar-refractivity contribution is 0.0859. The molecule has 0 radical (unpaired) electrons. The summed E-state index contributed by atoms with van der Waals surface area (Å²) in [5, 5.41) is 0. The van der Waals surface area contributed by atoms with Gasteiger partial charge in [-0.3, -0.25) is 9.69 Å². The highest BCUT2D eigenvalue weighted by Crippen LogP contribution is 2.10. The minimum absolute atomic E-state index is 0.0509. The summed E-state index contributed by atoms with van der Waals surface area (Å²) in [5.41, 5.74) is 0.808. The molecule has 0 bridgehead atoms. The van der Waals surface area contributed by atoms with E-state index in [1.54, 1.807) is 0 Å². The van der Waals surface area contributed by atoms with Crippen molar-refractivity contribution in [1.29, 1.82) is 0 Å². The standard InChI is InChI=1S/C16H24N2O/c1-14(16(19)15-8-4-3-5-9-15)17(2)12-13-18-10-6-7-11-18/h3-5,8-9,14H,6-7,10-13H2,1-2H3. The van der Waals surface area contributed by atoms with E-state index in [0.29, 0.717) is 0 Å². The maximum atomic E-state index is 12.3. The summed E-state index contributed by atoms with van der Waals surface area (Å²) in [5.74, 6) is 0.213. The van der Waals surface area contributed by atoms with E-state index in [2.05, 4.69) is 9.80 Å². The molecule has 1 aliphatic rings. The third kappa shape index (κ3) is 3.88. The molecule has 0 aromatic heterocycles. The largest absolute Gasteiger partial charge is 0.302 e. The van der Waals surface area contributed by atoms with E-state index in [-0.39, 0.29) is 11.8 Å². The van der Waals surface area contributed by atoms with Gasteiger partial charge in [-0.2, -0.15) is 0 Å². The number of nitrogens with zero attached hydrogens (tertiary/aromatic N) is 2. The highest BCUT2D eigenvalue weighted by molar-refractivity contribution is 5.99. The van der Waals surface area contributed by atoms with Crippen LogP contribution >= 0.6 is 0 Å². The molecule has 3 nitrogen and oxygen atoms in total. The molecule has 1 saturated heterocycles. The Morgan fingerprint density at radius 3 is 2.53 bits per heavy atom. The van der Waals surface area contributed by atoms with E-state index in [4.69, 9.17) is 0 Å². The number of hydrogen-bond donors (Lipinski definition) is 0. The lowest BCUT2D eigenvalue weighted by Crippen LogP contribution is -2.40. The van der Waals surface area contributed by atoms with Crippen molar-refractivity contribution < 1.29 is 4.79 Å². The monoisotopic (exact) mass is 260 g/mol. The maximum absolute atomic E-state index is 12.3. The Labute approximate surface area is 116 Å². The Hall–Kier alpha value is -1.19. The zero-order valence-corrected chi connectivity index (χ0v) is 12.0. The van der Waals surface area contributed by atoms with Gasteiger partial charge in [0.2, 0.25) is 0 Å². The molecule has 2 rings (SSSR count). The van der Waals surface area contributed by atoms with Crippen LogP contribution in [0.3, 0.4) is 0 Å². The van der Waals surface area contributed by atoms with Gasteiger partial charge in [-0.15, -0.1) is 0 Å². The zero-order chi connectivity index (χ0) is 13.7. The van der Waals surface area contributed by atoms with Crippen LogP contribution in [0.4, 0.5) is 0 Å². The van der Waals surface area contributed by atoms with E-state index in [1.807, 2.05) is 44.3 Å². The van der Waals surface area contributed by atoms with Gasteiger partial charge in [-0.05, 0) is 39.9 Å². The minimum atomic E-state index is -0.0509. The van der Waals surface area contributed by atoms with E-state index in [9.17, 15) is 4.79 Å². The fraction of sp³-hybridized carbons (Fsp3) is 0.562. The third-order valence-corrected chi connectivity index (χ3v) is 4.07. The number of likely N-dealkylation sites (N-methyl/N-ethyl adjacent to an activating group) is 1. The Balaban J connectivity index is 1.84. The number of Topliss-reactive ketones (excluding diaryl/α,β-unsaturated/α-hetero) is 1. The van der Waals surface area contributed by atoms with Gasteiger partial charge < -0.3 is 4.90 Å². The Bertz CT molecular complexity index is 398. The summed E-state index contributed by atoms with van der Waals surface area (Å²) in [6, 6.07) is 9.53. The average molecular weight is 260 g/mol. The average Bonchev–Trinajstić information content (AvgIpc) is 2.97. The van der Waals surface area contributed by atoms with E-state index in [1.165, 1.54) is 25.9 Å². The number of benzene rings is 1. The van der Waals surface area contributed by atoms with Gasteiger partial charge in [0.25, 0.3) is 0 Å². The minimum Gasteiger partial charge on any atom is -0.302 e. The Kier molecular flexibility index (Phi) is 5.11. The molecule has 1 heterocycles. The van der Waals surface area contributed by atoms with Gasteiger partial charge in [-0.1, -0.05) is 30.3 Å². The third-order valence-electron chi connectivity index (χ3n) is 4.07. The molecule has 1 aromatic rings. The van der Waals surface area contributed by atoms with Crippen LogP contribution in [0.2, 0.25) is 0 Å². The summed E-state index contributed by atoms with van der Waals surface area (Å²) >= 11 is 0. The molecule has 0 N–H and O–H groups in total. The normalized spacial score (nSPS) is 17.8. The molecule has 1 aromatic carbocycles. The molecule has 1 atom stereocenters. The van der Waals surface area contributed by atoms with Crippen molar-refractivity contribution in [2.75, 3.05) is 33.2 Å². The molecule has 19 heavy (non-hydrogen) atoms. The van der Waals surface area contributed by atoms with Crippen molar-refractivity contribution in [2.45, 2.75) is 25.8 Å². The van der Waals surface area contributed by atoms with Gasteiger partial charge in [-0.25, -0.2) is 0 Å². The first-order valence-corrected chi connectivity index (χ1v) is 7.20. The quantitative estimate of drug-likeness (QED) is 0.733. The zero-order valence-electron chi connectivity index (χ0n) is 12.0. The van der Waals surface area contributed by atoms with E-state index in [0.717, 1.165) is 18.7 Å². The second-order valence-corrected chi connectivity index (χ2v) is 5.44. The van der Waals surface area contributed by atoms with Gasteiger partial charge in [0.05, 0.1) is 6.04 Å². The van der Waals surface area contributed by atoms with Crippen molar-refractivity contribution in [2.24, 2.45) is 0 Å². The highest BCUT2D eigenvalue weighted by Gasteiger charge is 2.20. The van der Waals surface area contributed by atoms with E-state index < -0.39 is 0 Å². The summed E-state index contributed by atoms with van der Waals surface area (Å²) in [4.78, 5) is 17.0. The Morgan fingerprint density at radius 2 is 1.89 bits per heavy atom. The van der Waals surface area contributed by atoms with Gasteiger partial charge in [0.15, 0.2) is 5.78 Å². The van der Waals surface area contributed by atoms with Crippen LogP contribution in [-0.2, 0) is 0 Å². The highest BCUT2D eigenvalue weighted by atomic mass is 16.1. The molecule has 0 spiro atoms. The van der Waals surface area contributed by atoms with E-state index >= 15 is 0 Å². The SMILES string of the molecule is CC(C(=O)c1ccccc1)N(C)CCN1CCCC1. The fourth-order valence-corrected chi connectivity index (χ4v) is 2.54. The smallest absolute Gasteiger partial charge is 0.179 e. The number of rotatable bonds is 6. The number of likely N-dealkylation sites (tertiary alicyclic amines) is 1. The second-order valence-electron chi connectivity index (χ2n) is 5.44. The lowest BCUT2D eigenvalue weighted by atomic mass is 10.0. The summed E-state index contributed by atoms with van der Waals surface area (Å²) in [6.07, 6.45) is 2.64. The van der Waals surface area contributed by atoms with Crippen molar-refractivity contribution >= 4 is 5.78 Å². The first-order valence-electron chi connectivity index (χ1n) is 7.20. The van der Waals surface area contributed by atoms with Crippen molar-refractivity contribution in [3.05, 3.63) is 35.9 Å². The summed E-state index contributed by atoms with van der Waals surface area (Å²) < 4.78 is 0. The predicted molar refractivity (Wildman–Crippen MR) is 78.5 cm³/mol. The lowest BCUT2D eigenvalue weighted by Gasteiger charge is -2.26. The van der Waals surface area contributed by atoms with Crippen LogP contribution in [0.5, 0.6) is 0 Å². The molecule has 0 saturated carbocycles. The van der Waals surface area contributed by atoms with Crippen LogP contribution in [0.25, 0.3) is 0 Å². The molecule has 104 valence electrons. The molecule has 3 heteroatoms. The number of carbonyl (C=O) groups is 1. The molecule has 1 fully saturated rings. The van der Waals surface area contributed by atoms with Crippen molar-refractivity contribution in [3.63, 3.8) is 0 Å². The molecular formula is C16H24N2O. The molecule has 0 aliphatic carbocycles. The van der Waals surface area contributed by atoms with Crippen LogP contribution in [0.1, 0.15) is 30.1 Å². The predicted octanol–water partition coefficient (Wildman–Crippen LogP) is 2.29. The van der Waals surface area contributed by atoms with Crippen LogP contribution < -0.4 is 0 Å². The van der Waals surface area contributed by atoms with Crippen molar-refractivity contribution in [3.8, 4) is 0 Å².